The number of hydrogen-bond acceptors (Lipinski definition) is 3. The van der Waals surface area contributed by atoms with E-state index in [1.165, 1.54) is 30.3 Å². The summed E-state index contributed by atoms with van der Waals surface area (Å²) in [7, 11) is 0. The van der Waals surface area contributed by atoms with Crippen LogP contribution in [0.25, 0.3) is 11.0 Å². The van der Waals surface area contributed by atoms with Gasteiger partial charge in [-0.15, -0.1) is 0 Å². The smallest absolute Gasteiger partial charge is 0.416 e. The second-order valence-corrected chi connectivity index (χ2v) is 7.40. The van der Waals surface area contributed by atoms with Crippen LogP contribution in [0.4, 0.5) is 18.9 Å². The molecule has 0 amide bonds. The van der Waals surface area contributed by atoms with Crippen molar-refractivity contribution in [2.75, 3.05) is 0 Å². The maximum absolute atomic E-state index is 13.3. The van der Waals surface area contributed by atoms with Gasteiger partial charge in [-0.25, -0.2) is 9.13 Å². The maximum Gasteiger partial charge on any atom is 0.416 e. The van der Waals surface area contributed by atoms with Gasteiger partial charge in [0.1, 0.15) is 0 Å². The van der Waals surface area contributed by atoms with Gasteiger partial charge in [0.15, 0.2) is 17.6 Å². The number of benzene rings is 2. The monoisotopic (exact) mass is 497 g/mol. The third kappa shape index (κ3) is 4.48. The van der Waals surface area contributed by atoms with Crippen LogP contribution in [0.3, 0.4) is 0 Å². The van der Waals surface area contributed by atoms with E-state index in [9.17, 15) is 28.1 Å². The number of aromatic nitrogens is 2. The summed E-state index contributed by atoms with van der Waals surface area (Å²) in [6.07, 6.45) is -1.04. The van der Waals surface area contributed by atoms with Crippen molar-refractivity contribution in [1.82, 2.24) is 4.57 Å². The summed E-state index contributed by atoms with van der Waals surface area (Å²) in [5, 5.41) is 11.0. The number of aryl methyl sites for hydroxylation is 1. The molecule has 0 spiro atoms. The number of carbonyl (C=O) groups excluding carboxylic acids is 1. The number of halogens is 4. The Bertz CT molecular complexity index is 1160. The lowest BCUT2D eigenvalue weighted by molar-refractivity contribution is -0.678. The number of imidazole rings is 1. The molecule has 0 N–H and O–H groups in total. The molecule has 1 aliphatic heterocycles. The van der Waals surface area contributed by atoms with Crippen molar-refractivity contribution < 1.29 is 44.4 Å². The van der Waals surface area contributed by atoms with Crippen LogP contribution < -0.4 is 21.5 Å². The summed E-state index contributed by atoms with van der Waals surface area (Å²) in [4.78, 5) is 23.3. The van der Waals surface area contributed by atoms with Crippen LogP contribution in [0.15, 0.2) is 42.5 Å². The fraction of sp³-hybridized carbons (Fsp3) is 0.333. The molecule has 164 valence electrons. The summed E-state index contributed by atoms with van der Waals surface area (Å²) in [6, 6.07) is 9.00. The van der Waals surface area contributed by atoms with Crippen LogP contribution in [0.2, 0.25) is 0 Å². The van der Waals surface area contributed by atoms with Crippen LogP contribution in [-0.2, 0) is 25.7 Å². The summed E-state index contributed by atoms with van der Waals surface area (Å²) in [6.45, 7) is 0.497. The van der Waals surface area contributed by atoms with E-state index in [0.717, 1.165) is 37.2 Å². The van der Waals surface area contributed by atoms with Gasteiger partial charge in [0.2, 0.25) is 5.78 Å². The van der Waals surface area contributed by atoms with E-state index in [1.54, 1.807) is 4.57 Å². The fourth-order valence-electron chi connectivity index (χ4n) is 4.02. The highest BCUT2D eigenvalue weighted by Crippen LogP contribution is 2.32. The second-order valence-electron chi connectivity index (χ2n) is 7.40. The lowest BCUT2D eigenvalue weighted by Gasteiger charge is -2.06. The standard InChI is InChI=1S/C21H19F3N3O3.BrH/c22-21(23,24)15-8-9-17-18(12-15)26(20-7-2-1-3-10-25(17)20)13-19(28)14-5-4-6-16(11-14)27(29)30;/h4-6,8-9,11-12H,1-3,7,10,13H2;1H/q+1;/p-1. The minimum atomic E-state index is -4.49. The average Bonchev–Trinajstić information content (AvgIpc) is 2.85. The van der Waals surface area contributed by atoms with E-state index in [0.29, 0.717) is 24.0 Å². The third-order valence-electron chi connectivity index (χ3n) is 5.47. The highest BCUT2D eigenvalue weighted by molar-refractivity contribution is 5.97. The zero-order chi connectivity index (χ0) is 21.5. The molecule has 1 aromatic heterocycles. The largest absolute Gasteiger partial charge is 1.00 e. The summed E-state index contributed by atoms with van der Waals surface area (Å²) >= 11 is 0. The number of alkyl halides is 3. The zero-order valence-corrected chi connectivity index (χ0v) is 17.9. The molecule has 0 fully saturated rings. The minimum Gasteiger partial charge on any atom is -1.00 e. The van der Waals surface area contributed by atoms with Gasteiger partial charge in [-0.1, -0.05) is 12.1 Å². The van der Waals surface area contributed by atoms with E-state index >= 15 is 0 Å². The number of Topliss-reactive ketones (excluding diaryl/α,β-unsaturated/α-hetero) is 1. The molecule has 0 saturated heterocycles. The molecule has 10 heteroatoms. The van der Waals surface area contributed by atoms with Crippen molar-refractivity contribution in [2.24, 2.45) is 0 Å². The zero-order valence-electron chi connectivity index (χ0n) is 16.4. The molecule has 0 radical (unpaired) electrons. The van der Waals surface area contributed by atoms with Crippen molar-refractivity contribution in [3.8, 4) is 0 Å². The Hall–Kier alpha value is -2.75. The SMILES string of the molecule is O=C(Cn1c2[n+](c3ccc(C(F)(F)F)cc31)CCCCC2)c1cccc([N+](=O)[O-])c1.[Br-]. The second kappa shape index (κ2) is 8.78. The van der Waals surface area contributed by atoms with E-state index < -0.39 is 16.7 Å². The third-order valence-corrected chi connectivity index (χ3v) is 5.47. The molecule has 0 bridgehead atoms. The van der Waals surface area contributed by atoms with E-state index in [4.69, 9.17) is 0 Å². The lowest BCUT2D eigenvalue weighted by Crippen LogP contribution is -3.00. The number of carbonyl (C=O) groups is 1. The van der Waals surface area contributed by atoms with Crippen molar-refractivity contribution >= 4 is 22.5 Å². The quantitative estimate of drug-likeness (QED) is 0.237. The first-order chi connectivity index (χ1) is 14.3. The highest BCUT2D eigenvalue weighted by Gasteiger charge is 2.34. The molecule has 0 atom stereocenters. The first-order valence-electron chi connectivity index (χ1n) is 9.65. The molecule has 1 aliphatic rings. The number of nitro benzene ring substituents is 1. The predicted molar refractivity (Wildman–Crippen MR) is 102 cm³/mol. The van der Waals surface area contributed by atoms with Gasteiger partial charge in [-0.3, -0.25) is 14.9 Å². The first-order valence-corrected chi connectivity index (χ1v) is 9.65. The topological polar surface area (TPSA) is 69.0 Å². The Morgan fingerprint density at radius 3 is 2.61 bits per heavy atom. The van der Waals surface area contributed by atoms with Gasteiger partial charge >= 0.3 is 6.18 Å². The molecule has 0 aliphatic carbocycles. The highest BCUT2D eigenvalue weighted by atomic mass is 79.9. The van der Waals surface area contributed by atoms with Gasteiger partial charge < -0.3 is 17.0 Å². The fourth-order valence-corrected chi connectivity index (χ4v) is 4.02. The number of hydrogen-bond donors (Lipinski definition) is 0. The van der Waals surface area contributed by atoms with Crippen LogP contribution in [0, 0.1) is 10.1 Å². The molecular formula is C21H19BrF3N3O3. The predicted octanol–water partition coefficient (Wildman–Crippen LogP) is 1.47. The number of nitro groups is 1. The van der Waals surface area contributed by atoms with Crippen molar-refractivity contribution in [3.63, 3.8) is 0 Å². The maximum atomic E-state index is 13.3. The summed E-state index contributed by atoms with van der Waals surface area (Å²) < 4.78 is 43.5. The first kappa shape index (κ1) is 22.9. The number of nitrogens with zero attached hydrogens (tertiary/aromatic N) is 3. The van der Waals surface area contributed by atoms with Crippen LogP contribution in [0.5, 0.6) is 0 Å². The minimum absolute atomic E-state index is 0. The normalized spacial score (nSPS) is 13.9. The molecular weight excluding hydrogens is 479 g/mol. The average molecular weight is 498 g/mol. The van der Waals surface area contributed by atoms with Gasteiger partial charge in [0.05, 0.1) is 17.0 Å². The van der Waals surface area contributed by atoms with Crippen molar-refractivity contribution in [3.05, 3.63) is 69.5 Å². The molecule has 2 heterocycles. The molecule has 0 saturated carbocycles. The van der Waals surface area contributed by atoms with Crippen LogP contribution >= 0.6 is 0 Å². The van der Waals surface area contributed by atoms with E-state index in [2.05, 4.69) is 0 Å². The Morgan fingerprint density at radius 2 is 1.90 bits per heavy atom. The Balaban J connectivity index is 0.00000272. The van der Waals surface area contributed by atoms with E-state index in [-0.39, 0.29) is 40.6 Å². The van der Waals surface area contributed by atoms with Crippen LogP contribution in [0.1, 0.15) is 41.0 Å². The Kier molecular flexibility index (Phi) is 6.49. The van der Waals surface area contributed by atoms with Crippen molar-refractivity contribution in [2.45, 2.75) is 44.9 Å². The van der Waals surface area contributed by atoms with Gasteiger partial charge in [-0.05, 0) is 31.4 Å². The number of rotatable bonds is 4. The Morgan fingerprint density at radius 1 is 1.13 bits per heavy atom. The summed E-state index contributed by atoms with van der Waals surface area (Å²) in [5.74, 6) is 0.418. The summed E-state index contributed by atoms with van der Waals surface area (Å²) in [5.41, 5.74) is 0.190. The van der Waals surface area contributed by atoms with Gasteiger partial charge in [0.25, 0.3) is 11.5 Å². The number of ketones is 1. The Labute approximate surface area is 186 Å². The van der Waals surface area contributed by atoms with Crippen LogP contribution in [-0.4, -0.2) is 15.3 Å². The lowest BCUT2D eigenvalue weighted by atomic mass is 10.1. The van der Waals surface area contributed by atoms with E-state index in [1.807, 2.05) is 4.57 Å². The molecule has 4 rings (SSSR count). The molecule has 2 aromatic carbocycles. The molecule has 6 nitrogen and oxygen atoms in total. The number of non-ortho nitro benzene ring substituents is 1. The van der Waals surface area contributed by atoms with Gasteiger partial charge in [-0.2, -0.15) is 13.2 Å². The van der Waals surface area contributed by atoms with Crippen molar-refractivity contribution in [1.29, 1.82) is 0 Å². The molecule has 0 unspecified atom stereocenters. The van der Waals surface area contributed by atoms with Gasteiger partial charge in [0, 0.05) is 30.2 Å². The molecule has 31 heavy (non-hydrogen) atoms. The number of fused-ring (bicyclic) bond motifs is 3. The molecule has 3 aromatic rings.